The lowest BCUT2D eigenvalue weighted by molar-refractivity contribution is -0.576. The van der Waals surface area contributed by atoms with E-state index in [0.717, 1.165) is 144 Å². The predicted molar refractivity (Wildman–Crippen MR) is 482 cm³/mol. The largest absolute Gasteiger partial charge is 0.618 e. The Labute approximate surface area is 716 Å². The van der Waals surface area contributed by atoms with Gasteiger partial charge in [-0.15, -0.1) is 68.0 Å². The summed E-state index contributed by atoms with van der Waals surface area (Å²) in [6.45, 7) is 22.6. The van der Waals surface area contributed by atoms with Gasteiger partial charge in [-0.25, -0.2) is 19.3 Å². The van der Waals surface area contributed by atoms with Crippen LogP contribution in [0.4, 0.5) is 11.6 Å². The molecule has 0 aromatic carbocycles. The van der Waals surface area contributed by atoms with Gasteiger partial charge in [0.2, 0.25) is 5.52 Å². The van der Waals surface area contributed by atoms with Crippen LogP contribution in [0.5, 0.6) is 0 Å². The minimum atomic E-state index is -0.381. The third-order valence-corrected chi connectivity index (χ3v) is 29.6. The summed E-state index contributed by atoms with van der Waals surface area (Å²) >= 11 is 34.5. The molecule has 3 saturated heterocycles. The normalized spacial score (nSPS) is 16.2. The molecule has 0 spiro atoms. The number of pyridine rings is 6. The van der Waals surface area contributed by atoms with E-state index in [2.05, 4.69) is 288 Å². The lowest BCUT2D eigenvalue weighted by Crippen LogP contribution is -2.42. The van der Waals surface area contributed by atoms with Crippen molar-refractivity contribution in [3.05, 3.63) is 179 Å². The molecule has 17 heterocycles. The number of hydrogen-bond donors (Lipinski definition) is 3. The van der Waals surface area contributed by atoms with Crippen LogP contribution in [-0.4, -0.2) is 87.1 Å². The molecule has 3 N–H and O–H groups in total. The maximum atomic E-state index is 11.2. The van der Waals surface area contributed by atoms with Gasteiger partial charge in [0.15, 0.2) is 17.9 Å². The predicted octanol–water partition coefficient (Wildman–Crippen LogP) is 23.8. The standard InChI is InChI=1S/C19H23BrN4OS.C14H23BN2O3.C11H12BrIN2S.C7H3BrINOS.C7H3BrINS.C7H4BrNS.C7H5NOS/c1-19(2,3)23-16-10-12(20)18-13(22-16)11-15(26-18)14-7-8-21-24(14)17-6-4-5-9-25-17;1-13(2)14(3,4)20-15(19-13)11-8-9-16-17(11)12-7-5-6-10-18-12;1-11(2,3)15-9-4-6(12)10-7(14-9)5-8(13)16-10;8-4-1-2-10(11)5-3-6(9)12-7(4)5;8-4-1-2-10-5-3-6(9)11-7(4)5;8-5-1-3-9-6-2-4-10-7(5)6;9-6-1-3-8-5-2-4-10-7(5)6/h7-8,10-11,17H,4-6,9H2,1-3H3,(H,22,23);8-9,12H,5-7,10H2,1-4H3;4-5H,1-3H3,(H,14,15);1-3H;1-3H;1-4H;1-4H,(H,8,9). The van der Waals surface area contributed by atoms with Crippen LogP contribution in [0.3, 0.4) is 0 Å². The molecule has 3 aliphatic rings. The molecule has 14 aromatic rings. The Kier molecular flexibility index (Phi) is 28.8. The number of ether oxygens (including phenoxy) is 2. The van der Waals surface area contributed by atoms with Crippen LogP contribution in [0.1, 0.15) is 120 Å². The molecular weight excluding hydrogens is 2110 g/mol. The molecule has 3 fully saturated rings. The zero-order chi connectivity index (χ0) is 75.1. The molecule has 0 aliphatic carbocycles. The van der Waals surface area contributed by atoms with E-state index in [4.69, 9.17) is 23.8 Å². The van der Waals surface area contributed by atoms with E-state index in [-0.39, 0.29) is 47.3 Å². The lowest BCUT2D eigenvalue weighted by Gasteiger charge is -2.32. The maximum absolute atomic E-state index is 11.2. The summed E-state index contributed by atoms with van der Waals surface area (Å²) in [4.78, 5) is 33.0. The highest BCUT2D eigenvalue weighted by molar-refractivity contribution is 14.1. The number of H-pyrrole nitrogens is 1. The first-order chi connectivity index (χ1) is 49.9. The van der Waals surface area contributed by atoms with E-state index < -0.39 is 0 Å². The smallest absolute Gasteiger partial charge is 0.514 e. The Morgan fingerprint density at radius 1 is 0.571 bits per heavy atom. The van der Waals surface area contributed by atoms with Gasteiger partial charge in [0.1, 0.15) is 22.6 Å². The average molecular weight is 2190 g/mol. The fraction of sp³-hybridized carbons (Fsp3) is 0.333. The van der Waals surface area contributed by atoms with Crippen molar-refractivity contribution in [1.29, 1.82) is 0 Å². The number of anilines is 2. The van der Waals surface area contributed by atoms with Crippen molar-refractivity contribution in [3.8, 4) is 10.6 Å². The van der Waals surface area contributed by atoms with E-state index in [1.807, 2.05) is 75.0 Å². The maximum Gasteiger partial charge on any atom is 0.514 e. The van der Waals surface area contributed by atoms with Gasteiger partial charge in [0, 0.05) is 95.8 Å². The van der Waals surface area contributed by atoms with Crippen LogP contribution in [0.25, 0.3) is 71.9 Å². The van der Waals surface area contributed by atoms with Crippen molar-refractivity contribution in [2.24, 2.45) is 0 Å². The molecule has 552 valence electrons. The van der Waals surface area contributed by atoms with Gasteiger partial charge in [-0.2, -0.15) is 14.9 Å². The summed E-state index contributed by atoms with van der Waals surface area (Å²) < 4.78 is 44.5. The van der Waals surface area contributed by atoms with Crippen LogP contribution in [0.15, 0.2) is 160 Å². The Morgan fingerprint density at radius 2 is 1.09 bits per heavy atom. The molecule has 17 rings (SSSR count). The molecule has 105 heavy (non-hydrogen) atoms. The van der Waals surface area contributed by atoms with E-state index in [1.165, 1.54) is 50.2 Å². The number of rotatable bonds is 6. The van der Waals surface area contributed by atoms with Gasteiger partial charge in [-0.1, -0.05) is 0 Å². The number of fused-ring (bicyclic) bond motifs is 6. The first-order valence-electron chi connectivity index (χ1n) is 33.1. The van der Waals surface area contributed by atoms with E-state index in [1.54, 1.807) is 87.4 Å². The Bertz CT molecular complexity index is 5290. The summed E-state index contributed by atoms with van der Waals surface area (Å²) in [5, 5.41) is 31.0. The highest BCUT2D eigenvalue weighted by Gasteiger charge is 2.53. The molecule has 2 atom stereocenters. The Morgan fingerprint density at radius 3 is 1.67 bits per heavy atom. The summed E-state index contributed by atoms with van der Waals surface area (Å²) in [5.74, 6) is 1.80. The second-order valence-electron chi connectivity index (χ2n) is 27.2. The molecule has 2 unspecified atom stereocenters. The highest BCUT2D eigenvalue weighted by Crippen LogP contribution is 2.42. The van der Waals surface area contributed by atoms with Gasteiger partial charge in [0.25, 0.3) is 0 Å². The fourth-order valence-electron chi connectivity index (χ4n) is 10.8. The quantitative estimate of drug-likeness (QED) is 0.0613. The molecule has 0 bridgehead atoms. The molecule has 14 aromatic heterocycles. The zero-order valence-corrected chi connectivity index (χ0v) is 77.8. The summed E-state index contributed by atoms with van der Waals surface area (Å²) in [6.07, 6.45) is 17.1. The summed E-state index contributed by atoms with van der Waals surface area (Å²) in [7, 11) is -0.381. The van der Waals surface area contributed by atoms with Crippen molar-refractivity contribution in [1.82, 2.24) is 44.5 Å². The van der Waals surface area contributed by atoms with Gasteiger partial charge in [-0.3, -0.25) is 14.8 Å². The first-order valence-corrected chi connectivity index (χ1v) is 45.4. The monoisotopic (exact) mass is 2180 g/mol. The molecule has 0 radical (unpaired) electrons. The van der Waals surface area contributed by atoms with Crippen LogP contribution >= 0.6 is 215 Å². The van der Waals surface area contributed by atoms with E-state index >= 15 is 0 Å². The Balaban J connectivity index is 0.000000126. The topological polar surface area (TPSA) is 208 Å². The summed E-state index contributed by atoms with van der Waals surface area (Å²) in [6, 6.07) is 27.5. The molecular formula is C72H73BBr5I3N12O6S6. The van der Waals surface area contributed by atoms with Crippen molar-refractivity contribution in [2.75, 3.05) is 23.8 Å². The molecule has 0 amide bonds. The third-order valence-electron chi connectivity index (χ3n) is 16.3. The zero-order valence-electron chi connectivity index (χ0n) is 58.5. The molecule has 33 heteroatoms. The number of aromatic amines is 1. The van der Waals surface area contributed by atoms with Crippen molar-refractivity contribution < 1.29 is 23.5 Å². The van der Waals surface area contributed by atoms with Crippen molar-refractivity contribution >= 4 is 301 Å². The molecule has 18 nitrogen and oxygen atoms in total. The van der Waals surface area contributed by atoms with Crippen LogP contribution < -0.4 is 26.4 Å². The van der Waals surface area contributed by atoms with Gasteiger partial charge < -0.3 is 39.6 Å². The van der Waals surface area contributed by atoms with Crippen molar-refractivity contribution in [3.63, 3.8) is 0 Å². The fourth-order valence-corrected chi connectivity index (χ4v) is 21.6. The lowest BCUT2D eigenvalue weighted by atomic mass is 9.84. The first kappa shape index (κ1) is 82.7. The number of thiophene rings is 6. The van der Waals surface area contributed by atoms with Gasteiger partial charge in [-0.05, 0) is 333 Å². The number of aromatic nitrogens is 10. The SMILES string of the molecule is Brc1ccnc2cc(I)sc12.Brc1ccnc2ccsc12.CC(C)(C)Nc1cc(Br)c2sc(-c3ccnn3C3CCCCO3)cc2n1.CC(C)(C)Nc1cc(Br)c2sc(I)cc2n1.CC1(C)OB(c2ccnn2C2CCCCO2)OC1(C)C.O=c1cc[nH]c2ccsc12.[O-][n+]1ccc(Br)c2sc(I)cc21. The highest BCUT2D eigenvalue weighted by atomic mass is 127. The number of nitrogens with zero attached hydrogens (tertiary/aromatic N) is 9. The van der Waals surface area contributed by atoms with E-state index in [9.17, 15) is 10.0 Å². The number of halogens is 8. The van der Waals surface area contributed by atoms with Crippen molar-refractivity contribution in [2.45, 2.75) is 142 Å². The van der Waals surface area contributed by atoms with Crippen LogP contribution in [0, 0.1) is 13.9 Å². The van der Waals surface area contributed by atoms with Gasteiger partial charge >= 0.3 is 7.12 Å². The Hall–Kier alpha value is -3.23. The van der Waals surface area contributed by atoms with E-state index in [0.29, 0.717) is 0 Å². The number of hydrogen-bond acceptors (Lipinski definition) is 20. The molecule has 0 saturated carbocycles. The second-order valence-corrected chi connectivity index (χ2v) is 43.2. The minimum Gasteiger partial charge on any atom is -0.618 e. The van der Waals surface area contributed by atoms with Crippen LogP contribution in [-0.2, 0) is 18.8 Å². The van der Waals surface area contributed by atoms with Crippen LogP contribution in [0.2, 0.25) is 0 Å². The summed E-state index contributed by atoms with van der Waals surface area (Å²) in [5.41, 5.74) is 7.32. The second kappa shape index (κ2) is 36.5. The number of nitrogens with one attached hydrogen (secondary N) is 3. The van der Waals surface area contributed by atoms with Gasteiger partial charge in [0.05, 0.1) is 87.1 Å². The third kappa shape index (κ3) is 21.7. The molecule has 3 aliphatic heterocycles. The average Bonchev–Trinajstić information content (AvgIpc) is 1.62. The minimum absolute atomic E-state index is 0.00720.